The predicted molar refractivity (Wildman–Crippen MR) is 92.2 cm³/mol. The summed E-state index contributed by atoms with van der Waals surface area (Å²) < 4.78 is 38.5. The molecule has 1 atom stereocenters. The minimum Gasteiger partial charge on any atom is -0.351 e. The Kier molecular flexibility index (Phi) is 6.01. The van der Waals surface area contributed by atoms with Gasteiger partial charge in [0.15, 0.2) is 5.96 Å². The van der Waals surface area contributed by atoms with Crippen LogP contribution in [-0.2, 0) is 12.7 Å². The summed E-state index contributed by atoms with van der Waals surface area (Å²) in [5.41, 5.74) is 1.81. The van der Waals surface area contributed by atoms with Crippen molar-refractivity contribution in [2.24, 2.45) is 4.99 Å². The lowest BCUT2D eigenvalue weighted by atomic mass is 10.1. The van der Waals surface area contributed by atoms with E-state index < -0.39 is 11.7 Å². The third-order valence-corrected chi connectivity index (χ3v) is 3.83. The van der Waals surface area contributed by atoms with Gasteiger partial charge in [0.25, 0.3) is 0 Å². The van der Waals surface area contributed by atoms with Crippen LogP contribution in [0.5, 0.6) is 0 Å². The first-order valence-corrected chi connectivity index (χ1v) is 7.86. The SMILES string of the molecule is CN=C(NCc1ncccc1C)NC(C)c1cccc(C(F)(F)F)c1. The Balaban J connectivity index is 2.03. The summed E-state index contributed by atoms with van der Waals surface area (Å²) in [5.74, 6) is 0.495. The number of halogens is 3. The van der Waals surface area contributed by atoms with Crippen LogP contribution in [0.25, 0.3) is 0 Å². The zero-order valence-corrected chi connectivity index (χ0v) is 14.4. The molecule has 0 spiro atoms. The van der Waals surface area contributed by atoms with Crippen LogP contribution in [0, 0.1) is 6.92 Å². The summed E-state index contributed by atoms with van der Waals surface area (Å²) in [6, 6.07) is 8.76. The third-order valence-electron chi connectivity index (χ3n) is 3.83. The third kappa shape index (κ3) is 5.20. The Bertz CT molecular complexity index is 741. The van der Waals surface area contributed by atoms with Crippen molar-refractivity contribution in [2.45, 2.75) is 32.6 Å². The largest absolute Gasteiger partial charge is 0.416 e. The van der Waals surface area contributed by atoms with E-state index in [1.54, 1.807) is 26.2 Å². The number of nitrogens with zero attached hydrogens (tertiary/aromatic N) is 2. The van der Waals surface area contributed by atoms with Crippen LogP contribution in [-0.4, -0.2) is 18.0 Å². The molecule has 1 aromatic heterocycles. The molecule has 1 aromatic carbocycles. The number of rotatable bonds is 4. The average molecular weight is 350 g/mol. The van der Waals surface area contributed by atoms with Crippen molar-refractivity contribution in [3.8, 4) is 0 Å². The first-order chi connectivity index (χ1) is 11.8. The fourth-order valence-electron chi connectivity index (χ4n) is 2.34. The van der Waals surface area contributed by atoms with E-state index in [1.165, 1.54) is 6.07 Å². The zero-order valence-electron chi connectivity index (χ0n) is 14.4. The number of guanidine groups is 1. The maximum Gasteiger partial charge on any atom is 0.416 e. The van der Waals surface area contributed by atoms with Gasteiger partial charge in [-0.2, -0.15) is 13.2 Å². The first kappa shape index (κ1) is 18.8. The maximum absolute atomic E-state index is 12.8. The molecular weight excluding hydrogens is 329 g/mol. The number of benzene rings is 1. The van der Waals surface area contributed by atoms with Crippen molar-refractivity contribution in [2.75, 3.05) is 7.05 Å². The van der Waals surface area contributed by atoms with Gasteiger partial charge < -0.3 is 10.6 Å². The van der Waals surface area contributed by atoms with E-state index in [4.69, 9.17) is 0 Å². The molecule has 2 N–H and O–H groups in total. The molecule has 0 amide bonds. The van der Waals surface area contributed by atoms with Crippen molar-refractivity contribution in [1.82, 2.24) is 15.6 Å². The summed E-state index contributed by atoms with van der Waals surface area (Å²) in [4.78, 5) is 8.40. The molecule has 0 saturated heterocycles. The van der Waals surface area contributed by atoms with Gasteiger partial charge in [-0.1, -0.05) is 18.2 Å². The highest BCUT2D eigenvalue weighted by Crippen LogP contribution is 2.30. The van der Waals surface area contributed by atoms with Crippen LogP contribution in [0.4, 0.5) is 13.2 Å². The first-order valence-electron chi connectivity index (χ1n) is 7.86. The van der Waals surface area contributed by atoms with E-state index >= 15 is 0 Å². The van der Waals surface area contributed by atoms with Crippen molar-refractivity contribution in [1.29, 1.82) is 0 Å². The molecular formula is C18H21F3N4. The van der Waals surface area contributed by atoms with Gasteiger partial charge in [-0.25, -0.2) is 0 Å². The standard InChI is InChI=1S/C18H21F3N4/c1-12-6-5-9-23-16(12)11-24-17(22-3)25-13(2)14-7-4-8-15(10-14)18(19,20)21/h4-10,13H,11H2,1-3H3,(H2,22,24,25). The summed E-state index contributed by atoms with van der Waals surface area (Å²) in [7, 11) is 1.61. The smallest absolute Gasteiger partial charge is 0.351 e. The summed E-state index contributed by atoms with van der Waals surface area (Å²) >= 11 is 0. The molecule has 1 heterocycles. The molecule has 0 bridgehead atoms. The molecule has 2 aromatic rings. The van der Waals surface area contributed by atoms with Crippen molar-refractivity contribution < 1.29 is 13.2 Å². The number of hydrogen-bond acceptors (Lipinski definition) is 2. The second-order valence-electron chi connectivity index (χ2n) is 5.68. The van der Waals surface area contributed by atoms with E-state index in [-0.39, 0.29) is 6.04 Å². The van der Waals surface area contributed by atoms with Crippen LogP contribution in [0.1, 0.15) is 35.3 Å². The van der Waals surface area contributed by atoms with Gasteiger partial charge >= 0.3 is 6.18 Å². The lowest BCUT2D eigenvalue weighted by molar-refractivity contribution is -0.137. The number of aryl methyl sites for hydroxylation is 1. The molecule has 0 radical (unpaired) electrons. The zero-order chi connectivity index (χ0) is 18.4. The highest BCUT2D eigenvalue weighted by molar-refractivity contribution is 5.80. The lowest BCUT2D eigenvalue weighted by Crippen LogP contribution is -2.38. The summed E-state index contributed by atoms with van der Waals surface area (Å²) in [6.45, 7) is 4.22. The molecule has 1 unspecified atom stereocenters. The normalized spacial score (nSPS) is 13.4. The highest BCUT2D eigenvalue weighted by Gasteiger charge is 2.30. The number of pyridine rings is 1. The minimum absolute atomic E-state index is 0.335. The fraction of sp³-hybridized carbons (Fsp3) is 0.333. The quantitative estimate of drug-likeness (QED) is 0.651. The van der Waals surface area contributed by atoms with E-state index in [0.717, 1.165) is 23.4 Å². The molecule has 0 aliphatic rings. The van der Waals surface area contributed by atoms with E-state index in [0.29, 0.717) is 18.1 Å². The van der Waals surface area contributed by atoms with E-state index in [9.17, 15) is 13.2 Å². The Morgan fingerprint density at radius 2 is 2.00 bits per heavy atom. The van der Waals surface area contributed by atoms with Gasteiger partial charge in [-0.3, -0.25) is 9.98 Å². The average Bonchev–Trinajstić information content (AvgIpc) is 2.59. The molecule has 0 fully saturated rings. The Hall–Kier alpha value is -2.57. The Morgan fingerprint density at radius 3 is 2.64 bits per heavy atom. The van der Waals surface area contributed by atoms with Gasteiger partial charge in [-0.05, 0) is 43.2 Å². The number of hydrogen-bond donors (Lipinski definition) is 2. The molecule has 25 heavy (non-hydrogen) atoms. The summed E-state index contributed by atoms with van der Waals surface area (Å²) in [5, 5.41) is 6.22. The highest BCUT2D eigenvalue weighted by atomic mass is 19.4. The Morgan fingerprint density at radius 1 is 1.24 bits per heavy atom. The van der Waals surface area contributed by atoms with Gasteiger partial charge in [-0.15, -0.1) is 0 Å². The van der Waals surface area contributed by atoms with Crippen LogP contribution in [0.15, 0.2) is 47.6 Å². The second-order valence-corrected chi connectivity index (χ2v) is 5.68. The predicted octanol–water partition coefficient (Wildman–Crippen LogP) is 3.84. The summed E-state index contributed by atoms with van der Waals surface area (Å²) in [6.07, 6.45) is -2.64. The number of aliphatic imine (C=N–C) groups is 1. The lowest BCUT2D eigenvalue weighted by Gasteiger charge is -2.19. The van der Waals surface area contributed by atoms with Crippen LogP contribution < -0.4 is 10.6 Å². The topological polar surface area (TPSA) is 49.3 Å². The molecule has 0 aliphatic heterocycles. The van der Waals surface area contributed by atoms with E-state index in [1.807, 2.05) is 19.1 Å². The molecule has 0 aliphatic carbocycles. The van der Waals surface area contributed by atoms with Gasteiger partial charge in [0, 0.05) is 13.2 Å². The van der Waals surface area contributed by atoms with Crippen molar-refractivity contribution in [3.05, 3.63) is 65.0 Å². The monoisotopic (exact) mass is 350 g/mol. The molecule has 134 valence electrons. The van der Waals surface area contributed by atoms with Crippen molar-refractivity contribution in [3.63, 3.8) is 0 Å². The van der Waals surface area contributed by atoms with E-state index in [2.05, 4.69) is 20.6 Å². The molecule has 0 saturated carbocycles. The second kappa shape index (κ2) is 8.00. The van der Waals surface area contributed by atoms with Gasteiger partial charge in [0.05, 0.1) is 23.8 Å². The van der Waals surface area contributed by atoms with Crippen LogP contribution in [0.2, 0.25) is 0 Å². The molecule has 2 rings (SSSR count). The van der Waals surface area contributed by atoms with Gasteiger partial charge in [0.2, 0.25) is 0 Å². The van der Waals surface area contributed by atoms with Crippen LogP contribution >= 0.6 is 0 Å². The maximum atomic E-state index is 12.8. The van der Waals surface area contributed by atoms with Crippen LogP contribution in [0.3, 0.4) is 0 Å². The number of aromatic nitrogens is 1. The molecule has 7 heteroatoms. The Labute approximate surface area is 145 Å². The fourth-order valence-corrected chi connectivity index (χ4v) is 2.34. The number of alkyl halides is 3. The van der Waals surface area contributed by atoms with Gasteiger partial charge in [0.1, 0.15) is 0 Å². The number of nitrogens with one attached hydrogen (secondary N) is 2. The van der Waals surface area contributed by atoms with Crippen molar-refractivity contribution >= 4 is 5.96 Å². The molecule has 4 nitrogen and oxygen atoms in total. The minimum atomic E-state index is -4.35.